The minimum absolute atomic E-state index is 0.000802. The lowest BCUT2D eigenvalue weighted by Crippen LogP contribution is -1.99. The summed E-state index contributed by atoms with van der Waals surface area (Å²) in [4.78, 5) is 11.9. The van der Waals surface area contributed by atoms with Crippen molar-refractivity contribution < 1.29 is 4.79 Å². The van der Waals surface area contributed by atoms with Crippen LogP contribution in [0, 0.1) is 0 Å². The SMILES string of the molecule is C=CC(=O)SC(c1ccccc1)c1csc2ccccc12. The molecule has 1 unspecified atom stereocenters. The van der Waals surface area contributed by atoms with E-state index in [1.165, 1.54) is 33.5 Å². The van der Waals surface area contributed by atoms with Gasteiger partial charge >= 0.3 is 0 Å². The molecule has 1 atom stereocenters. The predicted octanol–water partition coefficient (Wildman–Crippen LogP) is 5.44. The van der Waals surface area contributed by atoms with Gasteiger partial charge in [0.15, 0.2) is 0 Å². The van der Waals surface area contributed by atoms with Crippen LogP contribution in [-0.4, -0.2) is 5.12 Å². The highest BCUT2D eigenvalue weighted by Crippen LogP contribution is 2.41. The number of hydrogen-bond acceptors (Lipinski definition) is 3. The van der Waals surface area contributed by atoms with E-state index in [1.54, 1.807) is 11.3 Å². The Morgan fingerprint density at radius 1 is 1.10 bits per heavy atom. The van der Waals surface area contributed by atoms with E-state index in [0.717, 1.165) is 5.56 Å². The highest BCUT2D eigenvalue weighted by Gasteiger charge is 2.20. The molecule has 0 bridgehead atoms. The topological polar surface area (TPSA) is 17.1 Å². The normalized spacial score (nSPS) is 12.2. The van der Waals surface area contributed by atoms with Gasteiger partial charge in [-0.2, -0.15) is 0 Å². The molecule has 1 nitrogen and oxygen atoms in total. The smallest absolute Gasteiger partial charge is 0.212 e. The molecule has 3 aromatic rings. The Hall–Kier alpha value is -1.84. The lowest BCUT2D eigenvalue weighted by Gasteiger charge is -2.15. The number of carbonyl (C=O) groups excluding carboxylic acids is 1. The van der Waals surface area contributed by atoms with Crippen LogP contribution in [0.2, 0.25) is 0 Å². The molecule has 0 saturated heterocycles. The number of thiophene rings is 1. The Balaban J connectivity index is 2.10. The molecule has 0 aliphatic rings. The Kier molecular flexibility index (Phi) is 4.23. The van der Waals surface area contributed by atoms with Crippen molar-refractivity contribution in [2.45, 2.75) is 5.25 Å². The third kappa shape index (κ3) is 2.94. The average molecular weight is 310 g/mol. The van der Waals surface area contributed by atoms with E-state index in [-0.39, 0.29) is 10.4 Å². The van der Waals surface area contributed by atoms with E-state index in [1.807, 2.05) is 30.3 Å². The molecule has 0 amide bonds. The zero-order valence-corrected chi connectivity index (χ0v) is 13.0. The van der Waals surface area contributed by atoms with Crippen molar-refractivity contribution in [1.29, 1.82) is 0 Å². The summed E-state index contributed by atoms with van der Waals surface area (Å²) in [6.07, 6.45) is 1.38. The predicted molar refractivity (Wildman–Crippen MR) is 92.9 cm³/mol. The zero-order valence-electron chi connectivity index (χ0n) is 11.4. The van der Waals surface area contributed by atoms with E-state index >= 15 is 0 Å². The molecular formula is C18H14OS2. The molecule has 3 heteroatoms. The standard InChI is InChI=1S/C18H14OS2/c1-2-17(19)21-18(13-8-4-3-5-9-13)15-12-20-16-11-7-6-10-14(15)16/h2-12,18H,1H2. The fourth-order valence-corrected chi connectivity index (χ4v) is 4.32. The first-order valence-corrected chi connectivity index (χ1v) is 8.39. The van der Waals surface area contributed by atoms with Crippen LogP contribution in [-0.2, 0) is 4.79 Å². The molecule has 0 aliphatic carbocycles. The molecule has 0 aliphatic heterocycles. The van der Waals surface area contributed by atoms with Gasteiger partial charge in [-0.05, 0) is 34.0 Å². The maximum atomic E-state index is 11.9. The molecule has 0 N–H and O–H groups in total. The third-order valence-corrected chi connectivity index (χ3v) is 5.44. The summed E-state index contributed by atoms with van der Waals surface area (Å²) in [7, 11) is 0. The second-order valence-corrected chi connectivity index (χ2v) is 6.64. The van der Waals surface area contributed by atoms with Crippen molar-refractivity contribution in [2.75, 3.05) is 0 Å². The first-order chi connectivity index (χ1) is 10.3. The number of rotatable bonds is 4. The van der Waals surface area contributed by atoms with Crippen molar-refractivity contribution in [3.63, 3.8) is 0 Å². The number of hydrogen-bond donors (Lipinski definition) is 0. The van der Waals surface area contributed by atoms with Gasteiger partial charge in [0.05, 0.1) is 5.25 Å². The fraction of sp³-hybridized carbons (Fsp3) is 0.0556. The second kappa shape index (κ2) is 6.29. The molecule has 1 aromatic heterocycles. The Morgan fingerprint density at radius 2 is 1.81 bits per heavy atom. The van der Waals surface area contributed by atoms with E-state index in [4.69, 9.17) is 0 Å². The summed E-state index contributed by atoms with van der Waals surface area (Å²) in [5, 5.41) is 3.39. The van der Waals surface area contributed by atoms with Crippen LogP contribution >= 0.6 is 23.1 Å². The van der Waals surface area contributed by atoms with Gasteiger partial charge in [-0.1, -0.05) is 66.9 Å². The highest BCUT2D eigenvalue weighted by molar-refractivity contribution is 8.14. The van der Waals surface area contributed by atoms with Gasteiger partial charge in [-0.15, -0.1) is 11.3 Å². The quantitative estimate of drug-likeness (QED) is 0.597. The second-order valence-electron chi connectivity index (χ2n) is 4.62. The van der Waals surface area contributed by atoms with Gasteiger partial charge in [0.2, 0.25) is 5.12 Å². The van der Waals surface area contributed by atoms with Gasteiger partial charge in [-0.25, -0.2) is 0 Å². The van der Waals surface area contributed by atoms with Crippen molar-refractivity contribution in [2.24, 2.45) is 0 Å². The number of benzene rings is 2. The molecular weight excluding hydrogens is 296 g/mol. The summed E-state index contributed by atoms with van der Waals surface area (Å²) in [5.41, 5.74) is 2.34. The van der Waals surface area contributed by atoms with Crippen LogP contribution in [0.15, 0.2) is 72.6 Å². The molecule has 0 radical (unpaired) electrons. The van der Waals surface area contributed by atoms with Crippen LogP contribution in [0.4, 0.5) is 0 Å². The first-order valence-electron chi connectivity index (χ1n) is 6.63. The summed E-state index contributed by atoms with van der Waals surface area (Å²) in [5.74, 6) is 0. The van der Waals surface area contributed by atoms with E-state index in [0.29, 0.717) is 0 Å². The Labute approximate surface area is 132 Å². The average Bonchev–Trinajstić information content (AvgIpc) is 2.97. The minimum atomic E-state index is -0.000802. The van der Waals surface area contributed by atoms with Gasteiger partial charge in [-0.3, -0.25) is 4.79 Å². The molecule has 1 heterocycles. The van der Waals surface area contributed by atoms with Crippen LogP contribution in [0.3, 0.4) is 0 Å². The van der Waals surface area contributed by atoms with E-state index < -0.39 is 0 Å². The van der Waals surface area contributed by atoms with Crippen molar-refractivity contribution >= 4 is 38.3 Å². The van der Waals surface area contributed by atoms with Gasteiger partial charge in [0, 0.05) is 4.70 Å². The Bertz CT molecular complexity index is 774. The molecule has 104 valence electrons. The van der Waals surface area contributed by atoms with Gasteiger partial charge in [0.25, 0.3) is 0 Å². The van der Waals surface area contributed by atoms with Crippen molar-refractivity contribution in [3.05, 3.63) is 83.8 Å². The van der Waals surface area contributed by atoms with E-state index in [2.05, 4.69) is 36.2 Å². The number of carbonyl (C=O) groups is 1. The summed E-state index contributed by atoms with van der Waals surface area (Å²) < 4.78 is 1.25. The third-order valence-electron chi connectivity index (χ3n) is 3.30. The maximum absolute atomic E-state index is 11.9. The largest absolute Gasteiger partial charge is 0.282 e. The molecule has 2 aromatic carbocycles. The Morgan fingerprint density at radius 3 is 2.57 bits per heavy atom. The molecule has 0 fully saturated rings. The molecule has 0 saturated carbocycles. The van der Waals surface area contributed by atoms with Crippen LogP contribution < -0.4 is 0 Å². The number of fused-ring (bicyclic) bond motifs is 1. The molecule has 0 spiro atoms. The van der Waals surface area contributed by atoms with Gasteiger partial charge in [0.1, 0.15) is 0 Å². The maximum Gasteiger partial charge on any atom is 0.212 e. The lowest BCUT2D eigenvalue weighted by atomic mass is 10.0. The summed E-state index contributed by atoms with van der Waals surface area (Å²) in [6, 6.07) is 18.5. The van der Waals surface area contributed by atoms with Crippen LogP contribution in [0.5, 0.6) is 0 Å². The summed E-state index contributed by atoms with van der Waals surface area (Å²) in [6.45, 7) is 3.58. The summed E-state index contributed by atoms with van der Waals surface area (Å²) >= 11 is 3.04. The highest BCUT2D eigenvalue weighted by atomic mass is 32.2. The van der Waals surface area contributed by atoms with Crippen molar-refractivity contribution in [1.82, 2.24) is 0 Å². The van der Waals surface area contributed by atoms with Crippen LogP contribution in [0.25, 0.3) is 10.1 Å². The first kappa shape index (κ1) is 14.1. The van der Waals surface area contributed by atoms with E-state index in [9.17, 15) is 4.79 Å². The van der Waals surface area contributed by atoms with Gasteiger partial charge < -0.3 is 0 Å². The van der Waals surface area contributed by atoms with Crippen molar-refractivity contribution in [3.8, 4) is 0 Å². The zero-order chi connectivity index (χ0) is 14.7. The number of thioether (sulfide) groups is 1. The molecule has 21 heavy (non-hydrogen) atoms. The molecule has 3 rings (SSSR count). The minimum Gasteiger partial charge on any atom is -0.282 e. The monoisotopic (exact) mass is 310 g/mol. The fourth-order valence-electron chi connectivity index (χ4n) is 2.30. The van der Waals surface area contributed by atoms with Crippen LogP contribution in [0.1, 0.15) is 16.4 Å². The lowest BCUT2D eigenvalue weighted by molar-refractivity contribution is -0.107.